The van der Waals surface area contributed by atoms with Gasteiger partial charge in [0.1, 0.15) is 0 Å². The predicted molar refractivity (Wildman–Crippen MR) is 74.2 cm³/mol. The molecule has 3 atom stereocenters. The predicted octanol–water partition coefficient (Wildman–Crippen LogP) is 2.74. The molecule has 0 aromatic heterocycles. The van der Waals surface area contributed by atoms with Gasteiger partial charge in [-0.2, -0.15) is 0 Å². The highest BCUT2D eigenvalue weighted by Crippen LogP contribution is 2.30. The van der Waals surface area contributed by atoms with Gasteiger partial charge in [-0.1, -0.05) is 13.3 Å². The molecule has 0 spiro atoms. The Labute approximate surface area is 107 Å². The zero-order valence-electron chi connectivity index (χ0n) is 11.9. The van der Waals surface area contributed by atoms with Crippen molar-refractivity contribution in [2.24, 2.45) is 17.8 Å². The minimum Gasteiger partial charge on any atom is -0.314 e. The van der Waals surface area contributed by atoms with Crippen molar-refractivity contribution in [2.45, 2.75) is 52.0 Å². The van der Waals surface area contributed by atoms with Gasteiger partial charge < -0.3 is 10.2 Å². The van der Waals surface area contributed by atoms with E-state index in [0.717, 1.165) is 23.8 Å². The van der Waals surface area contributed by atoms with Crippen molar-refractivity contribution in [1.82, 2.24) is 10.2 Å². The van der Waals surface area contributed by atoms with E-state index < -0.39 is 0 Å². The van der Waals surface area contributed by atoms with Gasteiger partial charge in [0, 0.05) is 6.04 Å². The van der Waals surface area contributed by atoms with Crippen molar-refractivity contribution in [1.29, 1.82) is 0 Å². The molecule has 0 aromatic rings. The van der Waals surface area contributed by atoms with Crippen LogP contribution in [0.2, 0.25) is 0 Å². The van der Waals surface area contributed by atoms with Gasteiger partial charge in [-0.05, 0) is 77.0 Å². The van der Waals surface area contributed by atoms with Gasteiger partial charge in [-0.3, -0.25) is 0 Å². The van der Waals surface area contributed by atoms with Crippen LogP contribution in [0.3, 0.4) is 0 Å². The van der Waals surface area contributed by atoms with E-state index in [4.69, 9.17) is 0 Å². The summed E-state index contributed by atoms with van der Waals surface area (Å²) in [7, 11) is 2.24. The Balaban J connectivity index is 1.65. The number of nitrogens with zero attached hydrogens (tertiary/aromatic N) is 1. The molecule has 2 fully saturated rings. The van der Waals surface area contributed by atoms with E-state index in [1.807, 2.05) is 0 Å². The first kappa shape index (κ1) is 13.4. The molecule has 2 heteroatoms. The molecule has 2 aliphatic rings. The molecule has 17 heavy (non-hydrogen) atoms. The first-order chi connectivity index (χ1) is 8.15. The number of rotatable bonds is 4. The van der Waals surface area contributed by atoms with E-state index >= 15 is 0 Å². The largest absolute Gasteiger partial charge is 0.314 e. The lowest BCUT2D eigenvalue weighted by Crippen LogP contribution is -2.42. The highest BCUT2D eigenvalue weighted by Gasteiger charge is 2.25. The maximum Gasteiger partial charge on any atom is 0.00680 e. The number of likely N-dealkylation sites (tertiary alicyclic amines) is 1. The SMILES string of the molecule is CC1CCC(CNC(C)C2CCN(C)CC2)C1. The Morgan fingerprint density at radius 1 is 1.18 bits per heavy atom. The third-order valence-corrected chi connectivity index (χ3v) is 5.00. The molecule has 1 N–H and O–H groups in total. The first-order valence-corrected chi connectivity index (χ1v) is 7.57. The number of hydrogen-bond donors (Lipinski definition) is 1. The Bertz CT molecular complexity index is 221. The van der Waals surface area contributed by atoms with Crippen LogP contribution in [0.4, 0.5) is 0 Å². The average molecular weight is 238 g/mol. The third-order valence-electron chi connectivity index (χ3n) is 5.00. The van der Waals surface area contributed by atoms with Crippen LogP contribution in [-0.2, 0) is 0 Å². The molecular weight excluding hydrogens is 208 g/mol. The Kier molecular flexibility index (Phi) is 4.87. The minimum absolute atomic E-state index is 0.722. The van der Waals surface area contributed by atoms with Gasteiger partial charge in [-0.15, -0.1) is 0 Å². The summed E-state index contributed by atoms with van der Waals surface area (Å²) < 4.78 is 0. The summed E-state index contributed by atoms with van der Waals surface area (Å²) in [4.78, 5) is 2.46. The van der Waals surface area contributed by atoms with Gasteiger partial charge >= 0.3 is 0 Å². The summed E-state index contributed by atoms with van der Waals surface area (Å²) in [6.07, 6.45) is 7.12. The molecule has 1 saturated heterocycles. The topological polar surface area (TPSA) is 15.3 Å². The van der Waals surface area contributed by atoms with Crippen LogP contribution >= 0.6 is 0 Å². The maximum atomic E-state index is 3.81. The number of nitrogens with one attached hydrogen (secondary N) is 1. The standard InChI is InChI=1S/C15H30N2/c1-12-4-5-14(10-12)11-16-13(2)15-6-8-17(3)9-7-15/h12-16H,4-11H2,1-3H3. The molecule has 2 nitrogen and oxygen atoms in total. The summed E-state index contributed by atoms with van der Waals surface area (Å²) >= 11 is 0. The molecule has 0 aromatic carbocycles. The second-order valence-electron chi connectivity index (χ2n) is 6.62. The number of hydrogen-bond acceptors (Lipinski definition) is 2. The highest BCUT2D eigenvalue weighted by molar-refractivity contribution is 4.81. The van der Waals surface area contributed by atoms with Gasteiger partial charge in [0.15, 0.2) is 0 Å². The van der Waals surface area contributed by atoms with E-state index in [1.54, 1.807) is 0 Å². The summed E-state index contributed by atoms with van der Waals surface area (Å²) in [5.41, 5.74) is 0. The quantitative estimate of drug-likeness (QED) is 0.810. The summed E-state index contributed by atoms with van der Waals surface area (Å²) in [5, 5.41) is 3.81. The molecule has 100 valence electrons. The van der Waals surface area contributed by atoms with Crippen LogP contribution in [-0.4, -0.2) is 37.6 Å². The Morgan fingerprint density at radius 2 is 1.88 bits per heavy atom. The minimum atomic E-state index is 0.722. The van der Waals surface area contributed by atoms with Crippen molar-refractivity contribution >= 4 is 0 Å². The van der Waals surface area contributed by atoms with Crippen LogP contribution in [0.25, 0.3) is 0 Å². The molecule has 1 aliphatic carbocycles. The molecule has 3 unspecified atom stereocenters. The van der Waals surface area contributed by atoms with Crippen molar-refractivity contribution in [3.63, 3.8) is 0 Å². The van der Waals surface area contributed by atoms with Crippen LogP contribution in [0.15, 0.2) is 0 Å². The Morgan fingerprint density at radius 3 is 2.47 bits per heavy atom. The molecule has 1 saturated carbocycles. The van der Waals surface area contributed by atoms with Gasteiger partial charge in [0.25, 0.3) is 0 Å². The summed E-state index contributed by atoms with van der Waals surface area (Å²) in [6.45, 7) is 8.64. The van der Waals surface area contributed by atoms with E-state index in [1.165, 1.54) is 51.7 Å². The monoisotopic (exact) mass is 238 g/mol. The lowest BCUT2D eigenvalue weighted by atomic mass is 9.90. The zero-order valence-corrected chi connectivity index (χ0v) is 11.9. The first-order valence-electron chi connectivity index (χ1n) is 7.57. The molecule has 0 bridgehead atoms. The van der Waals surface area contributed by atoms with Gasteiger partial charge in [0.05, 0.1) is 0 Å². The van der Waals surface area contributed by atoms with E-state index in [-0.39, 0.29) is 0 Å². The zero-order chi connectivity index (χ0) is 12.3. The van der Waals surface area contributed by atoms with Crippen molar-refractivity contribution in [3.05, 3.63) is 0 Å². The normalized spacial score (nSPS) is 34.1. The lowest BCUT2D eigenvalue weighted by Gasteiger charge is -2.33. The van der Waals surface area contributed by atoms with E-state index in [9.17, 15) is 0 Å². The van der Waals surface area contributed by atoms with E-state index in [2.05, 4.69) is 31.1 Å². The lowest BCUT2D eigenvalue weighted by molar-refractivity contribution is 0.187. The average Bonchev–Trinajstić information content (AvgIpc) is 2.73. The van der Waals surface area contributed by atoms with Crippen molar-refractivity contribution in [2.75, 3.05) is 26.7 Å². The molecule has 2 rings (SSSR count). The van der Waals surface area contributed by atoms with Gasteiger partial charge in [0.2, 0.25) is 0 Å². The van der Waals surface area contributed by atoms with Crippen LogP contribution in [0.5, 0.6) is 0 Å². The van der Waals surface area contributed by atoms with Crippen LogP contribution in [0.1, 0.15) is 46.0 Å². The molecule has 1 heterocycles. The molecular formula is C15H30N2. The number of piperidine rings is 1. The van der Waals surface area contributed by atoms with Crippen LogP contribution in [0, 0.1) is 17.8 Å². The molecule has 0 radical (unpaired) electrons. The van der Waals surface area contributed by atoms with E-state index in [0.29, 0.717) is 0 Å². The second-order valence-corrected chi connectivity index (χ2v) is 6.62. The van der Waals surface area contributed by atoms with Gasteiger partial charge in [-0.25, -0.2) is 0 Å². The Hall–Kier alpha value is -0.0800. The fourth-order valence-electron chi connectivity index (χ4n) is 3.56. The molecule has 0 amide bonds. The smallest absolute Gasteiger partial charge is 0.00680 e. The summed E-state index contributed by atoms with van der Waals surface area (Å²) in [5.74, 6) is 2.84. The van der Waals surface area contributed by atoms with Crippen LogP contribution < -0.4 is 5.32 Å². The van der Waals surface area contributed by atoms with Crippen molar-refractivity contribution < 1.29 is 0 Å². The molecule has 1 aliphatic heterocycles. The third kappa shape index (κ3) is 3.96. The maximum absolute atomic E-state index is 3.81. The summed E-state index contributed by atoms with van der Waals surface area (Å²) in [6, 6.07) is 0.722. The van der Waals surface area contributed by atoms with Crippen molar-refractivity contribution in [3.8, 4) is 0 Å². The highest BCUT2D eigenvalue weighted by atomic mass is 15.1. The fourth-order valence-corrected chi connectivity index (χ4v) is 3.56. The second kappa shape index (κ2) is 6.19. The fraction of sp³-hybridized carbons (Fsp3) is 1.00.